The van der Waals surface area contributed by atoms with E-state index in [1.54, 1.807) is 6.33 Å². The van der Waals surface area contributed by atoms with Crippen LogP contribution in [0.4, 0.5) is 5.95 Å². The third-order valence-corrected chi connectivity index (χ3v) is 6.07. The number of nitrogens with two attached hydrogens (primary N) is 1. The first-order chi connectivity index (χ1) is 10.6. The number of fused-ring (bicyclic) bond motifs is 1. The second kappa shape index (κ2) is 5.16. The van der Waals surface area contributed by atoms with E-state index in [2.05, 4.69) is 42.9 Å². The zero-order valence-corrected chi connectivity index (χ0v) is 14.3. The minimum Gasteiger partial charge on any atom is -0.342 e. The van der Waals surface area contributed by atoms with Crippen LogP contribution in [0.5, 0.6) is 0 Å². The molecule has 22 heavy (non-hydrogen) atoms. The van der Waals surface area contributed by atoms with Crippen LogP contribution < -0.4 is 10.6 Å². The lowest BCUT2D eigenvalue weighted by molar-refractivity contribution is 0.192. The molecule has 2 aliphatic rings. The highest BCUT2D eigenvalue weighted by atomic mass is 79.9. The molecule has 0 radical (unpaired) electrons. The van der Waals surface area contributed by atoms with E-state index in [4.69, 9.17) is 5.73 Å². The van der Waals surface area contributed by atoms with Gasteiger partial charge in [-0.1, -0.05) is 6.92 Å². The highest BCUT2D eigenvalue weighted by molar-refractivity contribution is 9.10. The topological polar surface area (TPSA) is 72.3 Å². The summed E-state index contributed by atoms with van der Waals surface area (Å²) in [7, 11) is 0. The Bertz CT molecular complexity index is 690. The van der Waals surface area contributed by atoms with Crippen LogP contribution in [0, 0.1) is 11.3 Å². The molecule has 0 aromatic carbocycles. The van der Waals surface area contributed by atoms with Crippen molar-refractivity contribution in [3.05, 3.63) is 17.0 Å². The average molecular weight is 365 g/mol. The summed E-state index contributed by atoms with van der Waals surface area (Å²) in [6.07, 6.45) is 8.30. The van der Waals surface area contributed by atoms with E-state index >= 15 is 0 Å². The van der Waals surface area contributed by atoms with Crippen molar-refractivity contribution in [2.45, 2.75) is 38.6 Å². The maximum absolute atomic E-state index is 6.45. The molecule has 2 N–H and O–H groups in total. The standard InChI is InChI=1S/C15H21BrN6/c1-10-6-12(17)15(7-10)2-4-21(5-3-15)14-18-8-11(16)13-20-19-9-22(13)14/h8-10,12H,2-7,17H2,1H3/t10-,12+/m0/s1. The zero-order chi connectivity index (χ0) is 15.3. The molecule has 2 atom stereocenters. The molecule has 7 heteroatoms. The normalized spacial score (nSPS) is 27.9. The summed E-state index contributed by atoms with van der Waals surface area (Å²) in [5.74, 6) is 1.69. The molecule has 6 nitrogen and oxygen atoms in total. The van der Waals surface area contributed by atoms with Gasteiger partial charge in [-0.3, -0.25) is 0 Å². The Morgan fingerprint density at radius 2 is 2.14 bits per heavy atom. The van der Waals surface area contributed by atoms with Gasteiger partial charge in [0.25, 0.3) is 0 Å². The van der Waals surface area contributed by atoms with E-state index in [0.717, 1.165) is 47.9 Å². The predicted octanol–water partition coefficient (Wildman–Crippen LogP) is 2.23. The quantitative estimate of drug-likeness (QED) is 0.839. The Balaban J connectivity index is 1.59. The summed E-state index contributed by atoms with van der Waals surface area (Å²) >= 11 is 3.48. The van der Waals surface area contributed by atoms with Crippen LogP contribution in [0.25, 0.3) is 5.65 Å². The van der Waals surface area contributed by atoms with E-state index < -0.39 is 0 Å². The Labute approximate surface area is 138 Å². The van der Waals surface area contributed by atoms with Gasteiger partial charge in [0.1, 0.15) is 6.33 Å². The van der Waals surface area contributed by atoms with E-state index in [1.165, 1.54) is 12.8 Å². The Hall–Kier alpha value is -1.21. The first-order valence-corrected chi connectivity index (χ1v) is 8.73. The lowest BCUT2D eigenvalue weighted by Crippen LogP contribution is -2.47. The fourth-order valence-electron chi connectivity index (χ4n) is 4.35. The lowest BCUT2D eigenvalue weighted by Gasteiger charge is -2.42. The highest BCUT2D eigenvalue weighted by Gasteiger charge is 2.45. The summed E-state index contributed by atoms with van der Waals surface area (Å²) in [6, 6.07) is 0.359. The van der Waals surface area contributed by atoms with Crippen LogP contribution in [-0.4, -0.2) is 38.7 Å². The third kappa shape index (κ3) is 2.13. The molecule has 4 rings (SSSR count). The molecule has 0 unspecified atom stereocenters. The summed E-state index contributed by atoms with van der Waals surface area (Å²) < 4.78 is 2.83. The molecule has 2 aromatic heterocycles. The molecule has 1 saturated heterocycles. The fourth-order valence-corrected chi connectivity index (χ4v) is 4.72. The van der Waals surface area contributed by atoms with Crippen molar-refractivity contribution in [2.24, 2.45) is 17.1 Å². The largest absolute Gasteiger partial charge is 0.342 e. The second-order valence-corrected chi connectivity index (χ2v) is 7.79. The van der Waals surface area contributed by atoms with E-state index in [1.807, 2.05) is 10.6 Å². The van der Waals surface area contributed by atoms with Crippen molar-refractivity contribution < 1.29 is 0 Å². The van der Waals surface area contributed by atoms with Gasteiger partial charge in [0.15, 0.2) is 5.65 Å². The van der Waals surface area contributed by atoms with E-state index in [-0.39, 0.29) is 0 Å². The van der Waals surface area contributed by atoms with Gasteiger partial charge in [0.05, 0.1) is 4.47 Å². The first kappa shape index (κ1) is 14.4. The lowest BCUT2D eigenvalue weighted by atomic mass is 9.74. The van der Waals surface area contributed by atoms with Crippen LogP contribution in [0.15, 0.2) is 17.0 Å². The van der Waals surface area contributed by atoms with E-state index in [0.29, 0.717) is 11.5 Å². The minimum atomic E-state index is 0.345. The van der Waals surface area contributed by atoms with Gasteiger partial charge < -0.3 is 10.6 Å². The van der Waals surface area contributed by atoms with Gasteiger partial charge in [-0.15, -0.1) is 10.2 Å². The maximum Gasteiger partial charge on any atom is 0.212 e. The molecule has 0 amide bonds. The van der Waals surface area contributed by atoms with Crippen LogP contribution in [0.2, 0.25) is 0 Å². The Kier molecular flexibility index (Phi) is 3.38. The summed E-state index contributed by atoms with van der Waals surface area (Å²) in [5, 5.41) is 8.15. The van der Waals surface area contributed by atoms with E-state index in [9.17, 15) is 0 Å². The molecular formula is C15H21BrN6. The number of piperidine rings is 1. The summed E-state index contributed by atoms with van der Waals surface area (Å²) in [6.45, 7) is 4.34. The summed E-state index contributed by atoms with van der Waals surface area (Å²) in [5.41, 5.74) is 7.61. The van der Waals surface area contributed by atoms with Gasteiger partial charge >= 0.3 is 0 Å². The number of hydrogen-bond donors (Lipinski definition) is 1. The molecule has 1 aliphatic heterocycles. The van der Waals surface area contributed by atoms with Crippen molar-refractivity contribution in [1.82, 2.24) is 19.6 Å². The molecule has 2 fully saturated rings. The van der Waals surface area contributed by atoms with Crippen LogP contribution in [0.1, 0.15) is 32.6 Å². The van der Waals surface area contributed by atoms with Gasteiger partial charge in [0, 0.05) is 25.3 Å². The van der Waals surface area contributed by atoms with Gasteiger partial charge in [-0.2, -0.15) is 0 Å². The predicted molar refractivity (Wildman–Crippen MR) is 88.7 cm³/mol. The SMILES string of the molecule is C[C@H]1C[C@@H](N)C2(CCN(c3ncc(Br)c4nncn34)CC2)C1. The summed E-state index contributed by atoms with van der Waals surface area (Å²) in [4.78, 5) is 6.92. The second-order valence-electron chi connectivity index (χ2n) is 6.93. The Morgan fingerprint density at radius 1 is 1.36 bits per heavy atom. The molecule has 3 heterocycles. The van der Waals surface area contributed by atoms with Gasteiger partial charge in [-0.25, -0.2) is 9.38 Å². The number of aromatic nitrogens is 4. The molecule has 1 saturated carbocycles. The molecule has 1 spiro atoms. The zero-order valence-electron chi connectivity index (χ0n) is 12.7. The molecule has 0 bridgehead atoms. The minimum absolute atomic E-state index is 0.345. The number of hydrogen-bond acceptors (Lipinski definition) is 5. The number of rotatable bonds is 1. The number of nitrogens with zero attached hydrogens (tertiary/aromatic N) is 5. The van der Waals surface area contributed by atoms with Crippen molar-refractivity contribution in [3.8, 4) is 0 Å². The van der Waals surface area contributed by atoms with Crippen LogP contribution in [-0.2, 0) is 0 Å². The number of halogens is 1. The van der Waals surface area contributed by atoms with Crippen molar-refractivity contribution in [2.75, 3.05) is 18.0 Å². The molecule has 1 aliphatic carbocycles. The fraction of sp³-hybridized carbons (Fsp3) is 0.667. The van der Waals surface area contributed by atoms with Crippen molar-refractivity contribution >= 4 is 27.5 Å². The number of anilines is 1. The maximum atomic E-state index is 6.45. The average Bonchev–Trinajstić information content (AvgIpc) is 3.08. The van der Waals surface area contributed by atoms with Crippen LogP contribution in [0.3, 0.4) is 0 Å². The Morgan fingerprint density at radius 3 is 2.82 bits per heavy atom. The van der Waals surface area contributed by atoms with Gasteiger partial charge in [-0.05, 0) is 52.9 Å². The van der Waals surface area contributed by atoms with Crippen molar-refractivity contribution in [3.63, 3.8) is 0 Å². The third-order valence-electron chi connectivity index (χ3n) is 5.51. The monoisotopic (exact) mass is 364 g/mol. The highest BCUT2D eigenvalue weighted by Crippen LogP contribution is 2.48. The van der Waals surface area contributed by atoms with Crippen molar-refractivity contribution in [1.29, 1.82) is 0 Å². The van der Waals surface area contributed by atoms with Crippen LogP contribution >= 0.6 is 15.9 Å². The molecule has 118 valence electrons. The molecular weight excluding hydrogens is 344 g/mol. The van der Waals surface area contributed by atoms with Gasteiger partial charge in [0.2, 0.25) is 5.95 Å². The smallest absolute Gasteiger partial charge is 0.212 e. The first-order valence-electron chi connectivity index (χ1n) is 7.94. The molecule has 2 aromatic rings.